The lowest BCUT2D eigenvalue weighted by Crippen LogP contribution is -1.99. The number of ether oxygens (including phenoxy) is 1. The summed E-state index contributed by atoms with van der Waals surface area (Å²) < 4.78 is 7.50. The number of nitrogens with zero attached hydrogens (tertiary/aromatic N) is 4. The fourth-order valence-electron chi connectivity index (χ4n) is 2.85. The largest absolute Gasteiger partial charge is 0.477 e. The summed E-state index contributed by atoms with van der Waals surface area (Å²) in [5.41, 5.74) is 4.94. The zero-order chi connectivity index (χ0) is 16.6. The predicted octanol–water partition coefficient (Wildman–Crippen LogP) is 3.86. The fourth-order valence-corrected chi connectivity index (χ4v) is 2.85. The number of aryl methyl sites for hydroxylation is 2. The Balaban J connectivity index is 2.24. The molecule has 0 aliphatic rings. The van der Waals surface area contributed by atoms with Crippen LogP contribution in [0, 0.1) is 6.92 Å². The highest BCUT2D eigenvalue weighted by molar-refractivity contribution is 5.86. The second-order valence-electron chi connectivity index (χ2n) is 5.98. The first kappa shape index (κ1) is 15.5. The number of rotatable bonds is 4. The minimum atomic E-state index is 0.363. The van der Waals surface area contributed by atoms with Gasteiger partial charge >= 0.3 is 0 Å². The second kappa shape index (κ2) is 5.99. The zero-order valence-electron chi connectivity index (χ0n) is 14.3. The molecule has 0 radical (unpaired) electrons. The average molecular weight is 310 g/mol. The number of hydrogen-bond acceptors (Lipinski definition) is 4. The molecule has 23 heavy (non-hydrogen) atoms. The van der Waals surface area contributed by atoms with Crippen LogP contribution in [-0.2, 0) is 7.05 Å². The first-order valence-electron chi connectivity index (χ1n) is 7.95. The maximum atomic E-state index is 5.64. The maximum absolute atomic E-state index is 5.64. The van der Waals surface area contributed by atoms with E-state index < -0.39 is 0 Å². The summed E-state index contributed by atoms with van der Waals surface area (Å²) in [7, 11) is 1.94. The molecule has 0 atom stereocenters. The molecule has 0 fully saturated rings. The van der Waals surface area contributed by atoms with Gasteiger partial charge in [-0.05, 0) is 43.5 Å². The molecular formula is C18H22N4O. The van der Waals surface area contributed by atoms with Crippen LogP contribution in [0.3, 0.4) is 0 Å². The van der Waals surface area contributed by atoms with Gasteiger partial charge in [0.1, 0.15) is 0 Å². The van der Waals surface area contributed by atoms with E-state index in [0.717, 1.165) is 28.0 Å². The molecule has 3 rings (SSSR count). The number of pyridine rings is 2. The lowest BCUT2D eigenvalue weighted by molar-refractivity contribution is 0.328. The molecule has 0 unspecified atom stereocenters. The van der Waals surface area contributed by atoms with E-state index >= 15 is 0 Å². The van der Waals surface area contributed by atoms with Crippen molar-refractivity contribution in [3.05, 3.63) is 35.7 Å². The van der Waals surface area contributed by atoms with Crippen LogP contribution in [0.25, 0.3) is 22.3 Å². The minimum absolute atomic E-state index is 0.363. The van der Waals surface area contributed by atoms with Crippen LogP contribution in [-0.4, -0.2) is 26.4 Å². The van der Waals surface area contributed by atoms with Crippen LogP contribution in [0.4, 0.5) is 0 Å². The second-order valence-corrected chi connectivity index (χ2v) is 5.98. The standard InChI is InChI=1S/C18H22N4O/c1-6-23-18-13(8-7-9-19-18)14-10-12(4)15-16(11(2)3)21-22(5)17(15)20-14/h7-11H,6H2,1-5H3. The number of aromatic nitrogens is 4. The molecule has 0 spiro atoms. The van der Waals surface area contributed by atoms with Crippen LogP contribution < -0.4 is 4.74 Å². The molecule has 0 aromatic carbocycles. The highest BCUT2D eigenvalue weighted by Crippen LogP contribution is 2.32. The van der Waals surface area contributed by atoms with Gasteiger partial charge in [0.15, 0.2) is 5.65 Å². The van der Waals surface area contributed by atoms with Gasteiger partial charge in [-0.3, -0.25) is 4.68 Å². The summed E-state index contributed by atoms with van der Waals surface area (Å²) in [4.78, 5) is 9.16. The maximum Gasteiger partial charge on any atom is 0.222 e. The van der Waals surface area contributed by atoms with E-state index in [9.17, 15) is 0 Å². The van der Waals surface area contributed by atoms with Crippen LogP contribution in [0.15, 0.2) is 24.4 Å². The number of hydrogen-bond donors (Lipinski definition) is 0. The molecule has 0 aliphatic carbocycles. The smallest absolute Gasteiger partial charge is 0.222 e. The first-order valence-corrected chi connectivity index (χ1v) is 7.95. The average Bonchev–Trinajstić information content (AvgIpc) is 2.86. The normalized spacial score (nSPS) is 11.4. The van der Waals surface area contributed by atoms with Crippen molar-refractivity contribution in [2.24, 2.45) is 7.05 Å². The summed E-state index contributed by atoms with van der Waals surface area (Å²) in [6.45, 7) is 8.95. The lowest BCUT2D eigenvalue weighted by atomic mass is 10.0. The van der Waals surface area contributed by atoms with Crippen molar-refractivity contribution in [2.45, 2.75) is 33.6 Å². The van der Waals surface area contributed by atoms with E-state index in [0.29, 0.717) is 18.4 Å². The van der Waals surface area contributed by atoms with E-state index in [1.165, 1.54) is 5.56 Å². The van der Waals surface area contributed by atoms with Crippen molar-refractivity contribution in [3.63, 3.8) is 0 Å². The highest BCUT2D eigenvalue weighted by atomic mass is 16.5. The molecule has 5 nitrogen and oxygen atoms in total. The van der Waals surface area contributed by atoms with Gasteiger partial charge in [-0.1, -0.05) is 13.8 Å². The van der Waals surface area contributed by atoms with E-state index in [2.05, 4.69) is 36.9 Å². The molecule has 3 aromatic rings. The van der Waals surface area contributed by atoms with Gasteiger partial charge < -0.3 is 4.74 Å². The zero-order valence-corrected chi connectivity index (χ0v) is 14.3. The Bertz CT molecular complexity index is 852. The van der Waals surface area contributed by atoms with Crippen molar-refractivity contribution in [2.75, 3.05) is 6.61 Å². The van der Waals surface area contributed by atoms with Gasteiger partial charge in [0, 0.05) is 18.6 Å². The van der Waals surface area contributed by atoms with E-state index in [1.807, 2.05) is 30.8 Å². The quantitative estimate of drug-likeness (QED) is 0.734. The number of fused-ring (bicyclic) bond motifs is 1. The third kappa shape index (κ3) is 2.67. The van der Waals surface area contributed by atoms with Gasteiger partial charge in [-0.15, -0.1) is 0 Å². The Hall–Kier alpha value is -2.43. The third-order valence-corrected chi connectivity index (χ3v) is 3.89. The molecular weight excluding hydrogens is 288 g/mol. The molecule has 5 heteroatoms. The monoisotopic (exact) mass is 310 g/mol. The van der Waals surface area contributed by atoms with Crippen molar-refractivity contribution in [1.29, 1.82) is 0 Å². The molecule has 0 amide bonds. The Kier molecular flexibility index (Phi) is 4.03. The van der Waals surface area contributed by atoms with Crippen LogP contribution in [0.1, 0.15) is 37.9 Å². The molecule has 120 valence electrons. The molecule has 3 heterocycles. The van der Waals surface area contributed by atoms with Crippen LogP contribution >= 0.6 is 0 Å². The summed E-state index contributed by atoms with van der Waals surface area (Å²) in [6, 6.07) is 5.99. The fraction of sp³-hybridized carbons (Fsp3) is 0.389. The van der Waals surface area contributed by atoms with Gasteiger partial charge in [-0.25, -0.2) is 9.97 Å². The Morgan fingerprint density at radius 2 is 2.09 bits per heavy atom. The van der Waals surface area contributed by atoms with Gasteiger partial charge in [0.25, 0.3) is 0 Å². The molecule has 0 saturated carbocycles. The van der Waals surface area contributed by atoms with E-state index in [4.69, 9.17) is 9.72 Å². The van der Waals surface area contributed by atoms with Gasteiger partial charge in [-0.2, -0.15) is 5.10 Å². The third-order valence-electron chi connectivity index (χ3n) is 3.89. The van der Waals surface area contributed by atoms with Gasteiger partial charge in [0.05, 0.1) is 23.6 Å². The Morgan fingerprint density at radius 3 is 2.78 bits per heavy atom. The van der Waals surface area contributed by atoms with E-state index in [-0.39, 0.29) is 0 Å². The van der Waals surface area contributed by atoms with Crippen molar-refractivity contribution < 1.29 is 4.74 Å². The summed E-state index contributed by atoms with van der Waals surface area (Å²) >= 11 is 0. The Labute approximate surface area is 136 Å². The highest BCUT2D eigenvalue weighted by Gasteiger charge is 2.18. The molecule has 3 aromatic heterocycles. The Morgan fingerprint density at radius 1 is 1.30 bits per heavy atom. The SMILES string of the molecule is CCOc1ncccc1-c1cc(C)c2c(C(C)C)nn(C)c2n1. The topological polar surface area (TPSA) is 52.8 Å². The molecule has 0 bridgehead atoms. The van der Waals surface area contributed by atoms with Crippen molar-refractivity contribution >= 4 is 11.0 Å². The predicted molar refractivity (Wildman–Crippen MR) is 91.7 cm³/mol. The molecule has 0 aliphatic heterocycles. The summed E-state index contributed by atoms with van der Waals surface area (Å²) in [6.07, 6.45) is 1.74. The molecule has 0 saturated heterocycles. The summed E-state index contributed by atoms with van der Waals surface area (Å²) in [5.74, 6) is 0.981. The minimum Gasteiger partial charge on any atom is -0.477 e. The van der Waals surface area contributed by atoms with Crippen LogP contribution in [0.5, 0.6) is 5.88 Å². The first-order chi connectivity index (χ1) is 11.0. The lowest BCUT2D eigenvalue weighted by Gasteiger charge is -2.10. The van der Waals surface area contributed by atoms with E-state index in [1.54, 1.807) is 6.20 Å². The van der Waals surface area contributed by atoms with Crippen molar-refractivity contribution in [1.82, 2.24) is 19.7 Å². The van der Waals surface area contributed by atoms with Crippen LogP contribution in [0.2, 0.25) is 0 Å². The van der Waals surface area contributed by atoms with Crippen molar-refractivity contribution in [3.8, 4) is 17.1 Å². The molecule has 0 N–H and O–H groups in total. The summed E-state index contributed by atoms with van der Waals surface area (Å²) in [5, 5.41) is 5.80. The van der Waals surface area contributed by atoms with Gasteiger partial charge in [0.2, 0.25) is 5.88 Å².